The van der Waals surface area contributed by atoms with Crippen LogP contribution in [0.25, 0.3) is 10.8 Å². The van der Waals surface area contributed by atoms with Crippen molar-refractivity contribution in [2.45, 2.75) is 32.9 Å². The predicted molar refractivity (Wildman–Crippen MR) is 88.6 cm³/mol. The Morgan fingerprint density at radius 1 is 1.00 bits per heavy atom. The molecule has 1 N–H and O–H groups in total. The Balaban J connectivity index is 1.79. The predicted octanol–water partition coefficient (Wildman–Crippen LogP) is 3.78. The average Bonchev–Trinajstić information content (AvgIpc) is 2.93. The molecule has 3 rings (SSSR count). The molecule has 0 aliphatic carbocycles. The monoisotopic (exact) mass is 297 g/mol. The Hall–Kier alpha value is -1.78. The first-order valence-corrected chi connectivity index (χ1v) is 8.05. The molecular weight excluding hydrogens is 278 g/mol. The minimum atomic E-state index is 0.468. The quantitative estimate of drug-likeness (QED) is 0.779. The fraction of sp³-hybridized carbons (Fsp3) is 0.294. The number of aromatic nitrogens is 2. The highest BCUT2D eigenvalue weighted by molar-refractivity contribution is 7.11. The molecule has 4 heteroatoms. The maximum atomic E-state index is 4.32. The molecule has 2 aromatic carbocycles. The van der Waals surface area contributed by atoms with Gasteiger partial charge in [0.2, 0.25) is 0 Å². The number of hydrogen-bond acceptors (Lipinski definition) is 4. The van der Waals surface area contributed by atoms with Crippen LogP contribution in [0.2, 0.25) is 0 Å². The molecule has 0 bridgehead atoms. The largest absolute Gasteiger partial charge is 0.308 e. The summed E-state index contributed by atoms with van der Waals surface area (Å²) in [6, 6.07) is 15.4. The molecule has 1 aromatic heterocycles. The highest BCUT2D eigenvalue weighted by atomic mass is 32.1. The molecule has 0 amide bonds. The number of benzene rings is 2. The molecule has 0 unspecified atom stereocenters. The lowest BCUT2D eigenvalue weighted by atomic mass is 10.0. The lowest BCUT2D eigenvalue weighted by Gasteiger charge is -2.04. The normalized spacial score (nSPS) is 11.4. The Morgan fingerprint density at radius 2 is 1.76 bits per heavy atom. The second-order valence-corrected chi connectivity index (χ2v) is 6.59. The summed E-state index contributed by atoms with van der Waals surface area (Å²) in [5.41, 5.74) is 1.31. The Kier molecular flexibility index (Phi) is 4.27. The van der Waals surface area contributed by atoms with Gasteiger partial charge in [0.15, 0.2) is 0 Å². The molecule has 0 fully saturated rings. The van der Waals surface area contributed by atoms with Gasteiger partial charge in [-0.1, -0.05) is 67.6 Å². The summed E-state index contributed by atoms with van der Waals surface area (Å²) in [6.45, 7) is 5.07. The molecule has 108 valence electrons. The van der Waals surface area contributed by atoms with E-state index in [1.165, 1.54) is 16.3 Å². The van der Waals surface area contributed by atoms with Gasteiger partial charge in [0.25, 0.3) is 0 Å². The van der Waals surface area contributed by atoms with Crippen LogP contribution in [0, 0.1) is 0 Å². The third kappa shape index (κ3) is 3.46. The van der Waals surface area contributed by atoms with E-state index in [4.69, 9.17) is 0 Å². The first-order chi connectivity index (χ1) is 10.2. The van der Waals surface area contributed by atoms with Crippen molar-refractivity contribution >= 4 is 22.1 Å². The van der Waals surface area contributed by atoms with Gasteiger partial charge in [-0.25, -0.2) is 0 Å². The maximum Gasteiger partial charge on any atom is 0.131 e. The Bertz CT molecular complexity index is 728. The number of rotatable bonds is 5. The smallest absolute Gasteiger partial charge is 0.131 e. The van der Waals surface area contributed by atoms with Gasteiger partial charge in [-0.2, -0.15) is 0 Å². The first kappa shape index (κ1) is 14.2. The summed E-state index contributed by atoms with van der Waals surface area (Å²) in [4.78, 5) is 0. The molecule has 0 aliphatic rings. The van der Waals surface area contributed by atoms with Crippen molar-refractivity contribution in [1.82, 2.24) is 15.5 Å². The number of nitrogens with zero attached hydrogens (tertiary/aromatic N) is 2. The minimum absolute atomic E-state index is 0.468. The second kappa shape index (κ2) is 6.33. The van der Waals surface area contributed by atoms with Crippen LogP contribution in [0.1, 0.15) is 29.4 Å². The topological polar surface area (TPSA) is 37.8 Å². The van der Waals surface area contributed by atoms with Crippen LogP contribution in [0.3, 0.4) is 0 Å². The van der Waals surface area contributed by atoms with E-state index in [2.05, 4.69) is 71.8 Å². The van der Waals surface area contributed by atoms with E-state index in [1.54, 1.807) is 11.3 Å². The number of hydrogen-bond donors (Lipinski definition) is 1. The zero-order chi connectivity index (χ0) is 14.7. The van der Waals surface area contributed by atoms with Gasteiger partial charge in [-0.3, -0.25) is 0 Å². The van der Waals surface area contributed by atoms with Crippen molar-refractivity contribution in [3.8, 4) is 0 Å². The van der Waals surface area contributed by atoms with Gasteiger partial charge in [-0.15, -0.1) is 10.2 Å². The van der Waals surface area contributed by atoms with Crippen LogP contribution >= 0.6 is 11.3 Å². The highest BCUT2D eigenvalue weighted by Crippen LogP contribution is 2.22. The number of nitrogens with one attached hydrogen (secondary N) is 1. The minimum Gasteiger partial charge on any atom is -0.308 e. The van der Waals surface area contributed by atoms with Gasteiger partial charge in [-0.05, 0) is 16.3 Å². The molecule has 1 heterocycles. The zero-order valence-electron chi connectivity index (χ0n) is 12.3. The van der Waals surface area contributed by atoms with Crippen molar-refractivity contribution in [1.29, 1.82) is 0 Å². The summed E-state index contributed by atoms with van der Waals surface area (Å²) in [6.07, 6.45) is 0.848. The second-order valence-electron chi connectivity index (χ2n) is 5.44. The molecular formula is C17H19N3S. The van der Waals surface area contributed by atoms with Crippen molar-refractivity contribution in [2.75, 3.05) is 0 Å². The lowest BCUT2D eigenvalue weighted by molar-refractivity contribution is 0.584. The molecule has 0 saturated carbocycles. The molecule has 3 nitrogen and oxygen atoms in total. The lowest BCUT2D eigenvalue weighted by Crippen LogP contribution is -2.21. The van der Waals surface area contributed by atoms with E-state index >= 15 is 0 Å². The molecule has 0 saturated heterocycles. The molecule has 3 aromatic rings. The van der Waals surface area contributed by atoms with E-state index in [0.29, 0.717) is 6.04 Å². The van der Waals surface area contributed by atoms with E-state index in [9.17, 15) is 0 Å². The summed E-state index contributed by atoms with van der Waals surface area (Å²) in [7, 11) is 0. The molecule has 0 atom stereocenters. The third-order valence-corrected chi connectivity index (χ3v) is 4.32. The van der Waals surface area contributed by atoms with Crippen LogP contribution in [0.5, 0.6) is 0 Å². The van der Waals surface area contributed by atoms with Crippen molar-refractivity contribution in [3.05, 3.63) is 58.0 Å². The van der Waals surface area contributed by atoms with E-state index in [1.807, 2.05) is 0 Å². The van der Waals surface area contributed by atoms with Crippen molar-refractivity contribution in [2.24, 2.45) is 0 Å². The maximum absolute atomic E-state index is 4.32. The fourth-order valence-electron chi connectivity index (χ4n) is 2.33. The van der Waals surface area contributed by atoms with Crippen LogP contribution in [0.15, 0.2) is 42.5 Å². The number of fused-ring (bicyclic) bond motifs is 1. The van der Waals surface area contributed by atoms with Crippen LogP contribution < -0.4 is 5.32 Å². The average molecular weight is 297 g/mol. The standard InChI is InChI=1S/C17H19N3S/c1-12(2)18-11-17-20-19-16(21-17)10-14-8-5-7-13-6-3-4-9-15(13)14/h3-9,12,18H,10-11H2,1-2H3. The zero-order valence-corrected chi connectivity index (χ0v) is 13.2. The Labute approximate surface area is 129 Å². The Morgan fingerprint density at radius 3 is 2.62 bits per heavy atom. The van der Waals surface area contributed by atoms with Gasteiger partial charge in [0.05, 0.1) is 0 Å². The van der Waals surface area contributed by atoms with Gasteiger partial charge < -0.3 is 5.32 Å². The first-order valence-electron chi connectivity index (χ1n) is 7.23. The summed E-state index contributed by atoms with van der Waals surface area (Å²) < 4.78 is 0. The molecule has 0 aliphatic heterocycles. The molecule has 0 spiro atoms. The summed E-state index contributed by atoms with van der Waals surface area (Å²) in [5.74, 6) is 0. The highest BCUT2D eigenvalue weighted by Gasteiger charge is 2.07. The van der Waals surface area contributed by atoms with Crippen LogP contribution in [-0.2, 0) is 13.0 Å². The van der Waals surface area contributed by atoms with Gasteiger partial charge in [0.1, 0.15) is 10.0 Å². The van der Waals surface area contributed by atoms with Crippen LogP contribution in [0.4, 0.5) is 0 Å². The van der Waals surface area contributed by atoms with E-state index in [-0.39, 0.29) is 0 Å². The van der Waals surface area contributed by atoms with E-state index in [0.717, 1.165) is 23.0 Å². The summed E-state index contributed by atoms with van der Waals surface area (Å²) >= 11 is 1.69. The van der Waals surface area contributed by atoms with Crippen molar-refractivity contribution < 1.29 is 0 Å². The molecule has 0 radical (unpaired) electrons. The van der Waals surface area contributed by atoms with Gasteiger partial charge in [0, 0.05) is 19.0 Å². The third-order valence-electron chi connectivity index (χ3n) is 3.39. The van der Waals surface area contributed by atoms with Crippen molar-refractivity contribution in [3.63, 3.8) is 0 Å². The van der Waals surface area contributed by atoms with Gasteiger partial charge >= 0.3 is 0 Å². The van der Waals surface area contributed by atoms with Crippen LogP contribution in [-0.4, -0.2) is 16.2 Å². The molecule has 21 heavy (non-hydrogen) atoms. The fourth-order valence-corrected chi connectivity index (χ4v) is 3.15. The SMILES string of the molecule is CC(C)NCc1nnc(Cc2cccc3ccccc23)s1. The van der Waals surface area contributed by atoms with E-state index < -0.39 is 0 Å². The summed E-state index contributed by atoms with van der Waals surface area (Å²) in [5, 5.41) is 16.7.